The first-order chi connectivity index (χ1) is 14.8. The number of aliphatic imine (C=N–C) groups is 1. The highest BCUT2D eigenvalue weighted by atomic mass is 16.5. The van der Waals surface area contributed by atoms with Crippen molar-refractivity contribution in [2.45, 2.75) is 25.9 Å². The average molecular weight is 402 g/mol. The number of piperidine rings is 1. The summed E-state index contributed by atoms with van der Waals surface area (Å²) < 4.78 is 5.92. The molecule has 1 N–H and O–H groups in total. The Morgan fingerprint density at radius 3 is 2.50 bits per heavy atom. The molecule has 154 valence electrons. The van der Waals surface area contributed by atoms with Crippen LogP contribution in [0.1, 0.15) is 36.0 Å². The zero-order valence-electron chi connectivity index (χ0n) is 17.2. The van der Waals surface area contributed by atoms with Gasteiger partial charge >= 0.3 is 0 Å². The molecule has 0 unspecified atom stereocenters. The van der Waals surface area contributed by atoms with Crippen LogP contribution in [-0.2, 0) is 16.1 Å². The summed E-state index contributed by atoms with van der Waals surface area (Å²) in [5, 5.41) is 12.6. The van der Waals surface area contributed by atoms with E-state index in [0.717, 1.165) is 43.3 Å². The van der Waals surface area contributed by atoms with Crippen LogP contribution in [0.2, 0.25) is 0 Å². The number of nitrogens with one attached hydrogen (secondary N) is 1. The number of hydrogen-bond donors (Lipinski definition) is 1. The van der Waals surface area contributed by atoms with Crippen molar-refractivity contribution in [3.05, 3.63) is 82.9 Å². The Kier molecular flexibility index (Phi) is 7.62. The molecule has 0 aliphatic carbocycles. The van der Waals surface area contributed by atoms with E-state index in [9.17, 15) is 10.1 Å². The van der Waals surface area contributed by atoms with Crippen molar-refractivity contribution >= 4 is 12.1 Å². The van der Waals surface area contributed by atoms with Gasteiger partial charge < -0.3 is 15.0 Å². The maximum Gasteiger partial charge on any atom is 0.200 e. The Labute approximate surface area is 177 Å². The molecule has 0 aromatic heterocycles. The topological polar surface area (TPSA) is 77.7 Å². The summed E-state index contributed by atoms with van der Waals surface area (Å²) in [6.45, 7) is 1.81. The summed E-state index contributed by atoms with van der Waals surface area (Å²) in [5.74, 6) is 1.49. The maximum atomic E-state index is 12.0. The van der Waals surface area contributed by atoms with Crippen LogP contribution in [0.25, 0.3) is 0 Å². The van der Waals surface area contributed by atoms with Gasteiger partial charge in [-0.2, -0.15) is 5.26 Å². The Hall–Kier alpha value is -3.59. The zero-order valence-corrected chi connectivity index (χ0v) is 17.2. The van der Waals surface area contributed by atoms with Crippen molar-refractivity contribution in [3.8, 4) is 6.07 Å². The van der Waals surface area contributed by atoms with Gasteiger partial charge in [-0.3, -0.25) is 9.79 Å². The Morgan fingerprint density at radius 2 is 1.83 bits per heavy atom. The molecule has 3 rings (SSSR count). The average Bonchev–Trinajstić information content (AvgIpc) is 2.82. The number of benzene rings is 2. The summed E-state index contributed by atoms with van der Waals surface area (Å²) in [4.78, 5) is 18.5. The number of hydrogen-bond acceptors (Lipinski definition) is 5. The smallest absolute Gasteiger partial charge is 0.200 e. The second kappa shape index (κ2) is 10.8. The Balaban J connectivity index is 1.90. The summed E-state index contributed by atoms with van der Waals surface area (Å²) in [5.41, 5.74) is 2.20. The predicted octanol–water partition coefficient (Wildman–Crippen LogP) is 3.59. The van der Waals surface area contributed by atoms with E-state index in [1.807, 2.05) is 48.5 Å². The molecule has 1 heterocycles. The van der Waals surface area contributed by atoms with Crippen LogP contribution in [0.4, 0.5) is 0 Å². The van der Waals surface area contributed by atoms with Crippen molar-refractivity contribution in [1.29, 1.82) is 5.26 Å². The fourth-order valence-corrected chi connectivity index (χ4v) is 3.45. The fraction of sp³-hybridized carbons (Fsp3) is 0.292. The van der Waals surface area contributed by atoms with Crippen molar-refractivity contribution in [2.75, 3.05) is 20.1 Å². The van der Waals surface area contributed by atoms with Crippen LogP contribution in [0.3, 0.4) is 0 Å². The predicted molar refractivity (Wildman–Crippen MR) is 116 cm³/mol. The molecule has 0 atom stereocenters. The number of aldehydes is 1. The van der Waals surface area contributed by atoms with Gasteiger partial charge in [-0.25, -0.2) is 0 Å². The third kappa shape index (κ3) is 5.26. The zero-order chi connectivity index (χ0) is 21.2. The standard InChI is InChI=1S/C24H26N4O2/c1-26-23(19-10-4-2-5-11-19)27-24(28-14-8-3-9-15-28)22(17-29)30-18-21-13-7-6-12-20(21)16-25/h2,4-7,10-13,17H,3,8-9,14-15,18H2,1H3,(H,26,27)/b24-22-. The lowest BCUT2D eigenvalue weighted by atomic mass is 10.1. The van der Waals surface area contributed by atoms with Crippen molar-refractivity contribution in [1.82, 2.24) is 10.2 Å². The number of carbonyl (C=O) groups excluding carboxylic acids is 1. The van der Waals surface area contributed by atoms with Gasteiger partial charge in [0.15, 0.2) is 17.9 Å². The summed E-state index contributed by atoms with van der Waals surface area (Å²) in [6.07, 6.45) is 4.01. The molecule has 30 heavy (non-hydrogen) atoms. The quantitative estimate of drug-likeness (QED) is 0.252. The molecule has 0 spiro atoms. The molecule has 2 aromatic carbocycles. The summed E-state index contributed by atoms with van der Waals surface area (Å²) in [7, 11) is 1.72. The number of allylic oxidation sites excluding steroid dienone is 1. The second-order valence-corrected chi connectivity index (χ2v) is 7.00. The van der Waals surface area contributed by atoms with Crippen LogP contribution < -0.4 is 5.32 Å². The third-order valence-electron chi connectivity index (χ3n) is 5.04. The molecule has 6 heteroatoms. The number of carbonyl (C=O) groups is 1. The molecule has 2 aromatic rings. The SMILES string of the molecule is CN=C(N/C(=C(\C=O)OCc1ccccc1C#N)N1CCCCC1)c1ccccc1. The van der Waals surface area contributed by atoms with Crippen LogP contribution in [0, 0.1) is 11.3 Å². The largest absolute Gasteiger partial charge is 0.482 e. The molecule has 1 aliphatic rings. The molecule has 1 aliphatic heterocycles. The molecular weight excluding hydrogens is 376 g/mol. The number of nitrogens with zero attached hydrogens (tertiary/aromatic N) is 3. The minimum Gasteiger partial charge on any atom is -0.482 e. The monoisotopic (exact) mass is 402 g/mol. The van der Waals surface area contributed by atoms with E-state index in [1.54, 1.807) is 13.1 Å². The van der Waals surface area contributed by atoms with Crippen LogP contribution >= 0.6 is 0 Å². The number of nitriles is 1. The van der Waals surface area contributed by atoms with E-state index in [4.69, 9.17) is 4.74 Å². The molecule has 0 bridgehead atoms. The van der Waals surface area contributed by atoms with E-state index in [-0.39, 0.29) is 12.4 Å². The molecule has 0 radical (unpaired) electrons. The summed E-state index contributed by atoms with van der Waals surface area (Å²) >= 11 is 0. The number of ether oxygens (including phenoxy) is 1. The van der Waals surface area contributed by atoms with E-state index < -0.39 is 0 Å². The highest BCUT2D eigenvalue weighted by Crippen LogP contribution is 2.19. The number of likely N-dealkylation sites (tertiary alicyclic amines) is 1. The molecular formula is C24H26N4O2. The molecule has 6 nitrogen and oxygen atoms in total. The Morgan fingerprint density at radius 1 is 1.13 bits per heavy atom. The summed E-state index contributed by atoms with van der Waals surface area (Å²) in [6, 6.07) is 19.2. The van der Waals surface area contributed by atoms with Gasteiger partial charge in [0.05, 0.1) is 11.6 Å². The maximum absolute atomic E-state index is 12.0. The van der Waals surface area contributed by atoms with E-state index in [2.05, 4.69) is 21.3 Å². The molecule has 1 saturated heterocycles. The van der Waals surface area contributed by atoms with Gasteiger partial charge in [0.2, 0.25) is 0 Å². The molecule has 1 fully saturated rings. The van der Waals surface area contributed by atoms with Gasteiger partial charge in [-0.1, -0.05) is 48.5 Å². The van der Waals surface area contributed by atoms with E-state index in [0.29, 0.717) is 17.2 Å². The van der Waals surface area contributed by atoms with Crippen LogP contribution in [0.5, 0.6) is 0 Å². The Bertz CT molecular complexity index is 955. The van der Waals surface area contributed by atoms with Crippen molar-refractivity contribution in [3.63, 3.8) is 0 Å². The van der Waals surface area contributed by atoms with Gasteiger partial charge in [-0.05, 0) is 25.3 Å². The highest BCUT2D eigenvalue weighted by Gasteiger charge is 2.21. The van der Waals surface area contributed by atoms with E-state index in [1.165, 1.54) is 6.42 Å². The van der Waals surface area contributed by atoms with Gasteiger partial charge in [0.25, 0.3) is 0 Å². The lowest BCUT2D eigenvalue weighted by Gasteiger charge is -2.32. The minimum atomic E-state index is 0.140. The third-order valence-corrected chi connectivity index (χ3v) is 5.04. The fourth-order valence-electron chi connectivity index (χ4n) is 3.45. The molecule has 0 amide bonds. The second-order valence-electron chi connectivity index (χ2n) is 7.00. The van der Waals surface area contributed by atoms with Gasteiger partial charge in [-0.15, -0.1) is 0 Å². The first-order valence-electron chi connectivity index (χ1n) is 10.1. The number of amidine groups is 1. The normalized spacial score (nSPS) is 15.1. The first kappa shape index (κ1) is 21.1. The highest BCUT2D eigenvalue weighted by molar-refractivity contribution is 6.00. The van der Waals surface area contributed by atoms with Crippen LogP contribution in [-0.4, -0.2) is 37.2 Å². The van der Waals surface area contributed by atoms with Gasteiger partial charge in [0.1, 0.15) is 12.4 Å². The lowest BCUT2D eigenvalue weighted by molar-refractivity contribution is -0.108. The van der Waals surface area contributed by atoms with E-state index >= 15 is 0 Å². The van der Waals surface area contributed by atoms with Gasteiger partial charge in [0, 0.05) is 31.3 Å². The first-order valence-corrected chi connectivity index (χ1v) is 10.1. The van der Waals surface area contributed by atoms with Crippen molar-refractivity contribution in [2.24, 2.45) is 4.99 Å². The number of rotatable bonds is 7. The van der Waals surface area contributed by atoms with Crippen LogP contribution in [0.15, 0.2) is 71.2 Å². The van der Waals surface area contributed by atoms with Crippen molar-refractivity contribution < 1.29 is 9.53 Å². The lowest BCUT2D eigenvalue weighted by Crippen LogP contribution is -2.40. The minimum absolute atomic E-state index is 0.140. The molecule has 0 saturated carbocycles.